The Balaban J connectivity index is 1.56. The molecule has 6 nitrogen and oxygen atoms in total. The van der Waals surface area contributed by atoms with Gasteiger partial charge in [-0.2, -0.15) is 0 Å². The molecule has 0 unspecified atom stereocenters. The highest BCUT2D eigenvalue weighted by atomic mass is 16.6. The Labute approximate surface area is 158 Å². The van der Waals surface area contributed by atoms with Gasteiger partial charge in [-0.05, 0) is 50.1 Å². The highest BCUT2D eigenvalue weighted by molar-refractivity contribution is 5.95. The summed E-state index contributed by atoms with van der Waals surface area (Å²) < 4.78 is 16.2. The first kappa shape index (κ1) is 18.8. The van der Waals surface area contributed by atoms with Crippen molar-refractivity contribution in [2.45, 2.75) is 33.3 Å². The van der Waals surface area contributed by atoms with Crippen LogP contribution < -0.4 is 14.8 Å². The zero-order chi connectivity index (χ0) is 19.4. The average molecular weight is 369 g/mol. The van der Waals surface area contributed by atoms with Crippen molar-refractivity contribution in [3.63, 3.8) is 0 Å². The topological polar surface area (TPSA) is 73.9 Å². The molecule has 0 bridgehead atoms. The zero-order valence-corrected chi connectivity index (χ0v) is 15.7. The van der Waals surface area contributed by atoms with E-state index in [1.807, 2.05) is 32.0 Å². The molecule has 142 valence electrons. The number of esters is 1. The van der Waals surface area contributed by atoms with E-state index in [-0.39, 0.29) is 12.3 Å². The van der Waals surface area contributed by atoms with Crippen LogP contribution in [-0.4, -0.2) is 31.2 Å². The zero-order valence-electron chi connectivity index (χ0n) is 15.7. The van der Waals surface area contributed by atoms with E-state index in [4.69, 9.17) is 14.2 Å². The summed E-state index contributed by atoms with van der Waals surface area (Å²) in [4.78, 5) is 24.5. The molecule has 1 aliphatic rings. The third-order valence-corrected chi connectivity index (χ3v) is 4.27. The van der Waals surface area contributed by atoms with Crippen LogP contribution in [0.1, 0.15) is 23.6 Å². The van der Waals surface area contributed by atoms with Crippen molar-refractivity contribution in [2.75, 3.05) is 18.5 Å². The summed E-state index contributed by atoms with van der Waals surface area (Å²) in [7, 11) is 0. The van der Waals surface area contributed by atoms with Crippen molar-refractivity contribution in [3.05, 3.63) is 53.1 Å². The van der Waals surface area contributed by atoms with Gasteiger partial charge in [0.25, 0.3) is 5.91 Å². The quantitative estimate of drug-likeness (QED) is 0.820. The Kier molecular flexibility index (Phi) is 5.64. The summed E-state index contributed by atoms with van der Waals surface area (Å²) in [6.45, 7) is 6.46. The number of aryl methyl sites for hydroxylation is 2. The van der Waals surface area contributed by atoms with Gasteiger partial charge in [-0.3, -0.25) is 9.59 Å². The van der Waals surface area contributed by atoms with Crippen LogP contribution in [0.3, 0.4) is 0 Å². The normalized spacial score (nSPS) is 13.6. The van der Waals surface area contributed by atoms with Crippen LogP contribution in [-0.2, 0) is 20.7 Å². The number of amides is 1. The monoisotopic (exact) mass is 369 g/mol. The number of ether oxygens (including phenoxy) is 3. The van der Waals surface area contributed by atoms with E-state index in [2.05, 4.69) is 5.32 Å². The van der Waals surface area contributed by atoms with Gasteiger partial charge in [0.2, 0.25) is 0 Å². The fourth-order valence-corrected chi connectivity index (χ4v) is 2.84. The number of fused-ring (bicyclic) bond motifs is 1. The number of hydrogen-bond acceptors (Lipinski definition) is 5. The number of nitrogens with one attached hydrogen (secondary N) is 1. The van der Waals surface area contributed by atoms with Gasteiger partial charge < -0.3 is 19.5 Å². The molecule has 0 saturated heterocycles. The molecule has 0 spiro atoms. The minimum Gasteiger partial charge on any atom is -0.486 e. The summed E-state index contributed by atoms with van der Waals surface area (Å²) in [6.07, 6.45) is -0.840. The first-order valence-electron chi connectivity index (χ1n) is 8.88. The summed E-state index contributed by atoms with van der Waals surface area (Å²) >= 11 is 0. The highest BCUT2D eigenvalue weighted by Gasteiger charge is 2.20. The van der Waals surface area contributed by atoms with Gasteiger partial charge in [0.05, 0.1) is 6.42 Å². The van der Waals surface area contributed by atoms with Gasteiger partial charge in [-0.1, -0.05) is 23.8 Å². The van der Waals surface area contributed by atoms with Crippen LogP contribution in [0.25, 0.3) is 0 Å². The van der Waals surface area contributed by atoms with Crippen LogP contribution in [0, 0.1) is 13.8 Å². The molecule has 27 heavy (non-hydrogen) atoms. The highest BCUT2D eigenvalue weighted by Crippen LogP contribution is 2.31. The maximum absolute atomic E-state index is 12.3. The van der Waals surface area contributed by atoms with Crippen LogP contribution in [0.5, 0.6) is 11.5 Å². The lowest BCUT2D eigenvalue weighted by Gasteiger charge is -2.19. The minimum absolute atomic E-state index is 0.0534. The second-order valence-electron chi connectivity index (χ2n) is 6.59. The van der Waals surface area contributed by atoms with E-state index >= 15 is 0 Å². The molecule has 0 radical (unpaired) electrons. The second kappa shape index (κ2) is 8.12. The predicted molar refractivity (Wildman–Crippen MR) is 101 cm³/mol. The van der Waals surface area contributed by atoms with Gasteiger partial charge >= 0.3 is 5.97 Å². The Morgan fingerprint density at radius 3 is 2.56 bits per heavy atom. The first-order chi connectivity index (χ1) is 12.9. The van der Waals surface area contributed by atoms with Gasteiger partial charge in [-0.25, -0.2) is 0 Å². The number of carbonyl (C=O) groups is 2. The second-order valence-corrected chi connectivity index (χ2v) is 6.59. The van der Waals surface area contributed by atoms with Crippen molar-refractivity contribution < 1.29 is 23.8 Å². The summed E-state index contributed by atoms with van der Waals surface area (Å²) in [5.74, 6) is 0.444. The molecule has 1 amide bonds. The van der Waals surface area contributed by atoms with Crippen molar-refractivity contribution in [1.29, 1.82) is 0 Å². The van der Waals surface area contributed by atoms with E-state index in [9.17, 15) is 9.59 Å². The fourth-order valence-electron chi connectivity index (χ4n) is 2.84. The van der Waals surface area contributed by atoms with Gasteiger partial charge in [0, 0.05) is 5.69 Å². The molecule has 6 heteroatoms. The Morgan fingerprint density at radius 2 is 1.81 bits per heavy atom. The van der Waals surface area contributed by atoms with E-state index in [0.717, 1.165) is 16.7 Å². The van der Waals surface area contributed by atoms with Crippen LogP contribution in [0.4, 0.5) is 5.69 Å². The van der Waals surface area contributed by atoms with Gasteiger partial charge in [-0.15, -0.1) is 0 Å². The lowest BCUT2D eigenvalue weighted by Crippen LogP contribution is -2.30. The molecular formula is C21H23NO5. The van der Waals surface area contributed by atoms with Crippen LogP contribution >= 0.6 is 0 Å². The standard InChI is InChI=1S/C21H23NO5/c1-13-4-6-17(14(2)10-13)22-21(24)15(3)27-20(23)12-16-5-7-18-19(11-16)26-9-8-25-18/h4-7,10-11,15H,8-9,12H2,1-3H3,(H,22,24)/t15-/m1/s1. The van der Waals surface area contributed by atoms with Crippen LogP contribution in [0.2, 0.25) is 0 Å². The Bertz CT molecular complexity index is 862. The maximum atomic E-state index is 12.3. The summed E-state index contributed by atoms with van der Waals surface area (Å²) in [6, 6.07) is 11.1. The van der Waals surface area contributed by atoms with Crippen molar-refractivity contribution in [2.24, 2.45) is 0 Å². The molecule has 0 fully saturated rings. The molecule has 0 aromatic heterocycles. The molecule has 2 aromatic carbocycles. The van der Waals surface area contributed by atoms with E-state index in [1.165, 1.54) is 0 Å². The molecule has 1 atom stereocenters. The fraction of sp³-hybridized carbons (Fsp3) is 0.333. The molecule has 2 aromatic rings. The van der Waals surface area contributed by atoms with E-state index in [1.54, 1.807) is 25.1 Å². The van der Waals surface area contributed by atoms with Crippen molar-refractivity contribution >= 4 is 17.6 Å². The van der Waals surface area contributed by atoms with Gasteiger partial charge in [0.1, 0.15) is 13.2 Å². The van der Waals surface area contributed by atoms with Crippen molar-refractivity contribution in [1.82, 2.24) is 0 Å². The summed E-state index contributed by atoms with van der Waals surface area (Å²) in [5, 5.41) is 2.79. The molecule has 1 N–H and O–H groups in total. The third kappa shape index (κ3) is 4.78. The van der Waals surface area contributed by atoms with E-state index < -0.39 is 12.1 Å². The number of carbonyl (C=O) groups excluding carboxylic acids is 2. The SMILES string of the molecule is Cc1ccc(NC(=O)[C@@H](C)OC(=O)Cc2ccc3c(c2)OCCO3)c(C)c1. The third-order valence-electron chi connectivity index (χ3n) is 4.27. The Hall–Kier alpha value is -3.02. The van der Waals surface area contributed by atoms with Crippen LogP contribution in [0.15, 0.2) is 36.4 Å². The Morgan fingerprint density at radius 1 is 1.07 bits per heavy atom. The molecule has 3 rings (SSSR count). The molecule has 1 aliphatic heterocycles. The molecule has 0 aliphatic carbocycles. The maximum Gasteiger partial charge on any atom is 0.311 e. The lowest BCUT2D eigenvalue weighted by molar-refractivity contribution is -0.152. The molecular weight excluding hydrogens is 346 g/mol. The average Bonchev–Trinajstić information content (AvgIpc) is 2.63. The lowest BCUT2D eigenvalue weighted by atomic mass is 10.1. The predicted octanol–water partition coefficient (Wildman–Crippen LogP) is 3.19. The number of anilines is 1. The summed E-state index contributed by atoms with van der Waals surface area (Å²) in [5.41, 5.74) is 3.52. The van der Waals surface area contributed by atoms with Crippen molar-refractivity contribution in [3.8, 4) is 11.5 Å². The molecule has 1 heterocycles. The number of hydrogen-bond donors (Lipinski definition) is 1. The molecule has 0 saturated carbocycles. The van der Waals surface area contributed by atoms with E-state index in [0.29, 0.717) is 30.4 Å². The number of rotatable bonds is 5. The smallest absolute Gasteiger partial charge is 0.311 e. The first-order valence-corrected chi connectivity index (χ1v) is 8.88. The largest absolute Gasteiger partial charge is 0.486 e. The van der Waals surface area contributed by atoms with Gasteiger partial charge in [0.15, 0.2) is 17.6 Å². The number of benzene rings is 2. The minimum atomic E-state index is -0.893.